The first-order chi connectivity index (χ1) is 13.3. The second kappa shape index (κ2) is 8.39. The largest absolute Gasteiger partial charge is 0.374 e. The summed E-state index contributed by atoms with van der Waals surface area (Å²) in [6.07, 6.45) is 0.498. The number of rotatable bonds is 6. The van der Waals surface area contributed by atoms with Crippen molar-refractivity contribution in [2.45, 2.75) is 31.0 Å². The highest BCUT2D eigenvalue weighted by atomic mass is 32.1. The molecule has 0 saturated carbocycles. The van der Waals surface area contributed by atoms with Gasteiger partial charge < -0.3 is 10.0 Å². The lowest BCUT2D eigenvalue weighted by molar-refractivity contribution is -0.132. The lowest BCUT2D eigenvalue weighted by Gasteiger charge is -2.21. The standard InChI is InChI=1S/C19H20F2N4O2S/c20-19(21)8-13(9-22)25(11-19)17(26)10-24-18(27)15-3-5-23-16-7-12(4-6-28)1-2-14(15)16/h1-3,5,7,13,18,24,27-28H,4,6,8,10-11H2/t13-,18?/m0/s1. The van der Waals surface area contributed by atoms with Crippen molar-refractivity contribution in [2.24, 2.45) is 0 Å². The third-order valence-corrected chi connectivity index (χ3v) is 4.95. The number of benzene rings is 1. The van der Waals surface area contributed by atoms with Crippen LogP contribution in [0.1, 0.15) is 23.8 Å². The number of likely N-dealkylation sites (tertiary alicyclic amines) is 1. The molecular weight excluding hydrogens is 386 g/mol. The van der Waals surface area contributed by atoms with E-state index in [1.54, 1.807) is 18.3 Å². The van der Waals surface area contributed by atoms with Crippen molar-refractivity contribution < 1.29 is 18.7 Å². The van der Waals surface area contributed by atoms with E-state index in [9.17, 15) is 18.7 Å². The van der Waals surface area contributed by atoms with E-state index in [2.05, 4.69) is 22.9 Å². The van der Waals surface area contributed by atoms with Gasteiger partial charge in [0.2, 0.25) is 5.91 Å². The maximum absolute atomic E-state index is 13.5. The van der Waals surface area contributed by atoms with Crippen LogP contribution < -0.4 is 5.32 Å². The molecule has 3 rings (SSSR count). The molecule has 2 N–H and O–H groups in total. The van der Waals surface area contributed by atoms with Crippen LogP contribution in [0.15, 0.2) is 30.5 Å². The maximum atomic E-state index is 13.5. The number of carbonyl (C=O) groups excluding carboxylic acids is 1. The third kappa shape index (κ3) is 4.41. The van der Waals surface area contributed by atoms with Gasteiger partial charge in [-0.3, -0.25) is 15.1 Å². The van der Waals surface area contributed by atoms with Crippen molar-refractivity contribution >= 4 is 29.4 Å². The molecule has 1 aliphatic rings. The predicted octanol–water partition coefficient (Wildman–Crippen LogP) is 2.05. The van der Waals surface area contributed by atoms with E-state index >= 15 is 0 Å². The minimum atomic E-state index is -3.07. The van der Waals surface area contributed by atoms with E-state index < -0.39 is 37.1 Å². The minimum absolute atomic E-state index is 0.364. The van der Waals surface area contributed by atoms with Crippen molar-refractivity contribution in [1.82, 2.24) is 15.2 Å². The van der Waals surface area contributed by atoms with Crippen LogP contribution >= 0.6 is 12.6 Å². The molecule has 1 fully saturated rings. The van der Waals surface area contributed by atoms with Crippen LogP contribution in [0.3, 0.4) is 0 Å². The molecule has 1 saturated heterocycles. The van der Waals surface area contributed by atoms with Crippen LogP contribution in [-0.4, -0.2) is 51.7 Å². The Morgan fingerprint density at radius 1 is 1.50 bits per heavy atom. The molecule has 2 aromatic rings. The quantitative estimate of drug-likeness (QED) is 0.505. The average Bonchev–Trinajstić information content (AvgIpc) is 3.00. The molecule has 1 unspecified atom stereocenters. The molecular formula is C19H20F2N4O2S. The molecule has 0 radical (unpaired) electrons. The number of aryl methyl sites for hydroxylation is 1. The van der Waals surface area contributed by atoms with Crippen molar-refractivity contribution in [1.29, 1.82) is 5.26 Å². The summed E-state index contributed by atoms with van der Waals surface area (Å²) in [5.74, 6) is -3.02. The maximum Gasteiger partial charge on any atom is 0.268 e. The van der Waals surface area contributed by atoms with E-state index in [1.807, 2.05) is 18.2 Å². The number of amides is 1. The molecule has 2 heterocycles. The van der Waals surface area contributed by atoms with Gasteiger partial charge in [0.1, 0.15) is 12.3 Å². The molecule has 148 valence electrons. The van der Waals surface area contributed by atoms with Gasteiger partial charge in [-0.1, -0.05) is 12.1 Å². The van der Waals surface area contributed by atoms with Crippen LogP contribution in [0.2, 0.25) is 0 Å². The van der Waals surface area contributed by atoms with Gasteiger partial charge in [0.25, 0.3) is 5.92 Å². The van der Waals surface area contributed by atoms with Gasteiger partial charge in [-0.15, -0.1) is 0 Å². The summed E-state index contributed by atoms with van der Waals surface area (Å²) in [5, 5.41) is 22.8. The monoisotopic (exact) mass is 406 g/mol. The van der Waals surface area contributed by atoms with E-state index in [0.717, 1.165) is 22.3 Å². The van der Waals surface area contributed by atoms with Crippen molar-refractivity contribution in [3.63, 3.8) is 0 Å². The topological polar surface area (TPSA) is 89.2 Å². The highest BCUT2D eigenvalue weighted by molar-refractivity contribution is 7.80. The molecule has 6 nitrogen and oxygen atoms in total. The van der Waals surface area contributed by atoms with Gasteiger partial charge in [0, 0.05) is 23.6 Å². The fraction of sp³-hybridized carbons (Fsp3) is 0.421. The number of carbonyl (C=O) groups is 1. The van der Waals surface area contributed by atoms with Gasteiger partial charge in [-0.2, -0.15) is 17.9 Å². The number of hydrogen-bond acceptors (Lipinski definition) is 6. The van der Waals surface area contributed by atoms with Crippen molar-refractivity contribution in [2.75, 3.05) is 18.8 Å². The van der Waals surface area contributed by atoms with Gasteiger partial charge in [0.05, 0.1) is 24.7 Å². The van der Waals surface area contributed by atoms with E-state index in [-0.39, 0.29) is 6.54 Å². The Morgan fingerprint density at radius 3 is 3.00 bits per heavy atom. The fourth-order valence-electron chi connectivity index (χ4n) is 3.33. The van der Waals surface area contributed by atoms with Crippen molar-refractivity contribution in [3.8, 4) is 6.07 Å². The summed E-state index contributed by atoms with van der Waals surface area (Å²) < 4.78 is 27.0. The summed E-state index contributed by atoms with van der Waals surface area (Å²) in [6, 6.07) is 7.88. The zero-order chi connectivity index (χ0) is 20.3. The van der Waals surface area contributed by atoms with Crippen LogP contribution in [0.25, 0.3) is 10.9 Å². The number of nitrogens with one attached hydrogen (secondary N) is 1. The Labute approximate surface area is 166 Å². The van der Waals surface area contributed by atoms with E-state index in [4.69, 9.17) is 5.26 Å². The molecule has 1 aliphatic heterocycles. The zero-order valence-electron chi connectivity index (χ0n) is 15.0. The molecule has 1 amide bonds. The first-order valence-electron chi connectivity index (χ1n) is 8.81. The number of alkyl halides is 2. The Morgan fingerprint density at radius 2 is 2.29 bits per heavy atom. The Balaban J connectivity index is 1.70. The molecule has 2 atom stereocenters. The van der Waals surface area contributed by atoms with Crippen LogP contribution in [0.5, 0.6) is 0 Å². The number of aliphatic hydroxyl groups excluding tert-OH is 1. The van der Waals surface area contributed by atoms with Gasteiger partial charge in [-0.05, 0) is 29.9 Å². The summed E-state index contributed by atoms with van der Waals surface area (Å²) in [5.41, 5.74) is 2.30. The number of nitrogens with zero attached hydrogens (tertiary/aromatic N) is 3. The molecule has 0 bridgehead atoms. The first kappa shape index (κ1) is 20.5. The molecule has 28 heavy (non-hydrogen) atoms. The molecule has 9 heteroatoms. The first-order valence-corrected chi connectivity index (χ1v) is 9.44. The smallest absolute Gasteiger partial charge is 0.268 e. The van der Waals surface area contributed by atoms with Crippen LogP contribution in [0.4, 0.5) is 8.78 Å². The van der Waals surface area contributed by atoms with Gasteiger partial charge >= 0.3 is 0 Å². The Bertz CT molecular complexity index is 918. The fourth-order valence-corrected chi connectivity index (χ4v) is 3.59. The van der Waals surface area contributed by atoms with E-state index in [1.165, 1.54) is 0 Å². The lowest BCUT2D eigenvalue weighted by atomic mass is 10.0. The molecule has 0 spiro atoms. The average molecular weight is 406 g/mol. The highest BCUT2D eigenvalue weighted by Crippen LogP contribution is 2.31. The summed E-state index contributed by atoms with van der Waals surface area (Å²) >= 11 is 4.21. The molecule has 0 aliphatic carbocycles. The number of aromatic nitrogens is 1. The number of thiol groups is 1. The minimum Gasteiger partial charge on any atom is -0.374 e. The Kier molecular flexibility index (Phi) is 6.13. The van der Waals surface area contributed by atoms with Gasteiger partial charge in [0.15, 0.2) is 0 Å². The second-order valence-corrected chi connectivity index (χ2v) is 7.18. The van der Waals surface area contributed by atoms with Crippen LogP contribution in [-0.2, 0) is 11.2 Å². The lowest BCUT2D eigenvalue weighted by Crippen LogP contribution is -2.42. The third-order valence-electron chi connectivity index (χ3n) is 4.72. The Hall–Kier alpha value is -2.28. The summed E-state index contributed by atoms with van der Waals surface area (Å²) in [7, 11) is 0. The number of aliphatic hydroxyl groups is 1. The van der Waals surface area contributed by atoms with Crippen molar-refractivity contribution in [3.05, 3.63) is 41.6 Å². The zero-order valence-corrected chi connectivity index (χ0v) is 15.9. The second-order valence-electron chi connectivity index (χ2n) is 6.74. The van der Waals surface area contributed by atoms with Gasteiger partial charge in [-0.25, -0.2) is 8.78 Å². The number of fused-ring (bicyclic) bond motifs is 1. The SMILES string of the molecule is N#C[C@@H]1CC(F)(F)CN1C(=O)CNC(O)c1ccnc2cc(CCS)ccc12. The normalized spacial score (nSPS) is 19.5. The number of pyridine rings is 1. The highest BCUT2D eigenvalue weighted by Gasteiger charge is 2.47. The molecule has 1 aromatic carbocycles. The number of hydrogen-bond donors (Lipinski definition) is 3. The summed E-state index contributed by atoms with van der Waals surface area (Å²) in [6.45, 7) is -1.15. The van der Waals surface area contributed by atoms with Crippen LogP contribution in [0, 0.1) is 11.3 Å². The number of nitriles is 1. The molecule has 1 aromatic heterocycles. The predicted molar refractivity (Wildman–Crippen MR) is 103 cm³/mol. The van der Waals surface area contributed by atoms with E-state index in [0.29, 0.717) is 16.8 Å². The number of halogens is 2. The summed E-state index contributed by atoms with van der Waals surface area (Å²) in [4.78, 5) is 17.4.